The Morgan fingerprint density at radius 2 is 2.17 bits per heavy atom. The molecule has 0 aliphatic rings. The highest BCUT2D eigenvalue weighted by molar-refractivity contribution is 5.77. The highest BCUT2D eigenvalue weighted by atomic mass is 15.1. The Kier molecular flexibility index (Phi) is 3.96. The molecule has 3 N–H and O–H groups in total. The van der Waals surface area contributed by atoms with Crippen LogP contribution in [-0.2, 0) is 13.1 Å². The molecule has 0 saturated carbocycles. The number of nitrogens with one attached hydrogen (secondary N) is 1. The Morgan fingerprint density at radius 1 is 1.39 bits per heavy atom. The van der Waals surface area contributed by atoms with Crippen molar-refractivity contribution in [2.45, 2.75) is 13.1 Å². The van der Waals surface area contributed by atoms with Gasteiger partial charge < -0.3 is 15.6 Å². The Morgan fingerprint density at radius 3 is 2.89 bits per heavy atom. The van der Waals surface area contributed by atoms with E-state index in [1.165, 1.54) is 5.56 Å². The second-order valence-corrected chi connectivity index (χ2v) is 3.92. The number of aliphatic imine (C=N–C) groups is 1. The topological polar surface area (TPSA) is 68.2 Å². The fourth-order valence-corrected chi connectivity index (χ4v) is 1.68. The second kappa shape index (κ2) is 5.86. The van der Waals surface area contributed by atoms with Crippen LogP contribution in [0, 0.1) is 0 Å². The van der Waals surface area contributed by atoms with Crippen molar-refractivity contribution in [3.63, 3.8) is 0 Å². The third-order valence-electron chi connectivity index (χ3n) is 2.67. The van der Waals surface area contributed by atoms with Gasteiger partial charge in [-0.1, -0.05) is 30.3 Å². The van der Waals surface area contributed by atoms with Gasteiger partial charge in [0.2, 0.25) is 0 Å². The lowest BCUT2D eigenvalue weighted by Crippen LogP contribution is -2.31. The van der Waals surface area contributed by atoms with Gasteiger partial charge in [0.25, 0.3) is 0 Å². The molecular formula is C13H17N5. The molecule has 0 saturated heterocycles. The molecule has 0 spiro atoms. The number of hydrogen-bond donors (Lipinski definition) is 2. The molecule has 0 fully saturated rings. The van der Waals surface area contributed by atoms with Crippen LogP contribution in [0.4, 0.5) is 0 Å². The van der Waals surface area contributed by atoms with Crippen molar-refractivity contribution < 1.29 is 0 Å². The molecule has 2 rings (SSSR count). The molecule has 2 aromatic rings. The van der Waals surface area contributed by atoms with Crippen molar-refractivity contribution in [3.05, 3.63) is 54.1 Å². The van der Waals surface area contributed by atoms with Crippen molar-refractivity contribution in [1.82, 2.24) is 14.9 Å². The summed E-state index contributed by atoms with van der Waals surface area (Å²) in [5.41, 5.74) is 6.84. The molecule has 18 heavy (non-hydrogen) atoms. The number of aromatic nitrogens is 2. The summed E-state index contributed by atoms with van der Waals surface area (Å²) in [6.07, 6.45) is 3.75. The van der Waals surface area contributed by atoms with Crippen molar-refractivity contribution in [1.29, 1.82) is 0 Å². The average Bonchev–Trinajstić information content (AvgIpc) is 2.84. The summed E-state index contributed by atoms with van der Waals surface area (Å²) in [5, 5.41) is 3.01. The van der Waals surface area contributed by atoms with Crippen LogP contribution >= 0.6 is 0 Å². The van der Waals surface area contributed by atoms with Gasteiger partial charge in [-0.2, -0.15) is 0 Å². The maximum Gasteiger partial charge on any atom is 0.188 e. The van der Waals surface area contributed by atoms with Crippen molar-refractivity contribution in [2.75, 3.05) is 7.05 Å². The first kappa shape index (κ1) is 12.2. The van der Waals surface area contributed by atoms with Crippen molar-refractivity contribution in [2.24, 2.45) is 10.7 Å². The fraction of sp³-hybridized carbons (Fsp3) is 0.231. The molecule has 0 radical (unpaired) electrons. The van der Waals surface area contributed by atoms with Crippen molar-refractivity contribution >= 4 is 5.96 Å². The monoisotopic (exact) mass is 243 g/mol. The first-order valence-electron chi connectivity index (χ1n) is 5.79. The molecule has 1 heterocycles. The van der Waals surface area contributed by atoms with Gasteiger partial charge in [0.15, 0.2) is 5.96 Å². The fourth-order valence-electron chi connectivity index (χ4n) is 1.68. The summed E-state index contributed by atoms with van der Waals surface area (Å²) < 4.78 is 2.09. The number of guanidine groups is 1. The molecule has 0 atom stereocenters. The molecule has 0 bridgehead atoms. The molecule has 1 aromatic carbocycles. The van der Waals surface area contributed by atoms with Gasteiger partial charge in [0.1, 0.15) is 5.82 Å². The van der Waals surface area contributed by atoms with Gasteiger partial charge >= 0.3 is 0 Å². The van der Waals surface area contributed by atoms with E-state index in [9.17, 15) is 0 Å². The van der Waals surface area contributed by atoms with E-state index in [1.807, 2.05) is 24.4 Å². The summed E-state index contributed by atoms with van der Waals surface area (Å²) in [6.45, 7) is 1.38. The molecule has 1 aromatic heterocycles. The summed E-state index contributed by atoms with van der Waals surface area (Å²) in [4.78, 5) is 8.16. The minimum absolute atomic E-state index is 0.421. The Labute approximate surface area is 106 Å². The smallest absolute Gasteiger partial charge is 0.188 e. The van der Waals surface area contributed by atoms with E-state index in [4.69, 9.17) is 5.73 Å². The van der Waals surface area contributed by atoms with E-state index in [1.54, 1.807) is 13.2 Å². The van der Waals surface area contributed by atoms with Crippen LogP contribution in [0.15, 0.2) is 47.7 Å². The second-order valence-electron chi connectivity index (χ2n) is 3.92. The Balaban J connectivity index is 2.04. The quantitative estimate of drug-likeness (QED) is 0.621. The van der Waals surface area contributed by atoms with Crippen LogP contribution in [0.3, 0.4) is 0 Å². The summed E-state index contributed by atoms with van der Waals surface area (Å²) in [5.74, 6) is 1.36. The largest absolute Gasteiger partial charge is 0.370 e. The van der Waals surface area contributed by atoms with Crippen molar-refractivity contribution in [3.8, 4) is 0 Å². The SMILES string of the molecule is CN=C(N)NCc1nccn1Cc1ccccc1. The van der Waals surface area contributed by atoms with Gasteiger partial charge in [-0.05, 0) is 5.56 Å². The molecule has 0 amide bonds. The van der Waals surface area contributed by atoms with Gasteiger partial charge in [0, 0.05) is 26.0 Å². The van der Waals surface area contributed by atoms with Crippen LogP contribution in [0.1, 0.15) is 11.4 Å². The van der Waals surface area contributed by atoms with Crippen LogP contribution in [0.5, 0.6) is 0 Å². The third kappa shape index (κ3) is 3.10. The van der Waals surface area contributed by atoms with E-state index in [2.05, 4.69) is 32.0 Å². The van der Waals surface area contributed by atoms with Gasteiger partial charge in [-0.3, -0.25) is 4.99 Å². The molecule has 0 unspecified atom stereocenters. The predicted octanol–water partition coefficient (Wildman–Crippen LogP) is 0.966. The Hall–Kier alpha value is -2.30. The number of hydrogen-bond acceptors (Lipinski definition) is 2. The molecule has 5 heteroatoms. The molecule has 0 aliphatic heterocycles. The average molecular weight is 243 g/mol. The highest BCUT2D eigenvalue weighted by Crippen LogP contribution is 2.05. The number of benzene rings is 1. The number of rotatable bonds is 4. The maximum atomic E-state index is 5.59. The van der Waals surface area contributed by atoms with Crippen LogP contribution in [0.2, 0.25) is 0 Å². The standard InChI is InChI=1S/C13H17N5/c1-15-13(14)17-9-12-16-7-8-18(12)10-11-5-3-2-4-6-11/h2-8H,9-10H2,1H3,(H3,14,15,17). The number of nitrogens with zero attached hydrogens (tertiary/aromatic N) is 3. The van der Waals surface area contributed by atoms with Crippen LogP contribution in [-0.4, -0.2) is 22.6 Å². The molecule has 5 nitrogen and oxygen atoms in total. The zero-order chi connectivity index (χ0) is 12.8. The summed E-state index contributed by atoms with van der Waals surface area (Å²) in [7, 11) is 1.65. The third-order valence-corrected chi connectivity index (χ3v) is 2.67. The van der Waals surface area contributed by atoms with E-state index in [-0.39, 0.29) is 0 Å². The maximum absolute atomic E-state index is 5.59. The zero-order valence-corrected chi connectivity index (χ0v) is 10.4. The lowest BCUT2D eigenvalue weighted by molar-refractivity contribution is 0.697. The number of nitrogens with two attached hydrogens (primary N) is 1. The molecule has 0 aliphatic carbocycles. The zero-order valence-electron chi connectivity index (χ0n) is 10.4. The van der Waals surface area contributed by atoms with E-state index in [0.717, 1.165) is 12.4 Å². The van der Waals surface area contributed by atoms with Gasteiger partial charge in [-0.25, -0.2) is 4.98 Å². The highest BCUT2D eigenvalue weighted by Gasteiger charge is 2.03. The molecular weight excluding hydrogens is 226 g/mol. The number of imidazole rings is 1. The Bertz CT molecular complexity index is 515. The first-order valence-corrected chi connectivity index (χ1v) is 5.79. The summed E-state index contributed by atoms with van der Waals surface area (Å²) >= 11 is 0. The van der Waals surface area contributed by atoms with E-state index < -0.39 is 0 Å². The minimum Gasteiger partial charge on any atom is -0.370 e. The minimum atomic E-state index is 0.421. The van der Waals surface area contributed by atoms with Gasteiger partial charge in [-0.15, -0.1) is 0 Å². The lowest BCUT2D eigenvalue weighted by atomic mass is 10.2. The van der Waals surface area contributed by atoms with E-state index in [0.29, 0.717) is 12.5 Å². The summed E-state index contributed by atoms with van der Waals surface area (Å²) in [6, 6.07) is 10.3. The first-order chi connectivity index (χ1) is 8.79. The lowest BCUT2D eigenvalue weighted by Gasteiger charge is -2.09. The van der Waals surface area contributed by atoms with Gasteiger partial charge in [0.05, 0.1) is 6.54 Å². The van der Waals surface area contributed by atoms with E-state index >= 15 is 0 Å². The normalized spacial score (nSPS) is 11.5. The molecule has 94 valence electrons. The predicted molar refractivity (Wildman–Crippen MR) is 72.2 cm³/mol. The van der Waals surface area contributed by atoms with Crippen LogP contribution < -0.4 is 11.1 Å². The van der Waals surface area contributed by atoms with Crippen LogP contribution in [0.25, 0.3) is 0 Å².